The Morgan fingerprint density at radius 1 is 1.17 bits per heavy atom. The number of non-ortho nitro benzene ring substituents is 1. The molecule has 0 aliphatic rings. The highest BCUT2D eigenvalue weighted by Gasteiger charge is 2.21. The van der Waals surface area contributed by atoms with Crippen LogP contribution >= 0.6 is 15.9 Å². The van der Waals surface area contributed by atoms with Crippen LogP contribution in [0.15, 0.2) is 53.0 Å². The molecule has 2 rings (SSSR count). The van der Waals surface area contributed by atoms with Crippen molar-refractivity contribution in [3.8, 4) is 0 Å². The molecule has 1 amide bonds. The Balaban J connectivity index is 2.01. The zero-order valence-electron chi connectivity index (χ0n) is 16.4. The molecule has 0 aliphatic carbocycles. The van der Waals surface area contributed by atoms with Gasteiger partial charge >= 0.3 is 0 Å². The van der Waals surface area contributed by atoms with Gasteiger partial charge in [-0.05, 0) is 46.9 Å². The lowest BCUT2D eigenvalue weighted by molar-refractivity contribution is -0.384. The summed E-state index contributed by atoms with van der Waals surface area (Å²) in [6.07, 6.45) is 2.95. The molecule has 0 aliphatic heterocycles. The highest BCUT2D eigenvalue weighted by atomic mass is 79.9. The predicted octanol–water partition coefficient (Wildman–Crippen LogP) is 4.83. The Morgan fingerprint density at radius 3 is 2.55 bits per heavy atom. The van der Waals surface area contributed by atoms with E-state index in [-0.39, 0.29) is 11.6 Å². The monoisotopic (exact) mass is 463 g/mol. The number of anilines is 1. The number of carbonyl (C=O) groups is 1. The summed E-state index contributed by atoms with van der Waals surface area (Å²) < 4.78 is 6.02. The highest BCUT2D eigenvalue weighted by molar-refractivity contribution is 9.10. The van der Waals surface area contributed by atoms with Crippen LogP contribution in [-0.2, 0) is 9.53 Å². The van der Waals surface area contributed by atoms with Crippen molar-refractivity contribution in [3.63, 3.8) is 0 Å². The maximum atomic E-state index is 12.9. The van der Waals surface area contributed by atoms with Gasteiger partial charge in [-0.2, -0.15) is 0 Å². The molecule has 8 heteroatoms. The number of amides is 1. The first-order valence-electron chi connectivity index (χ1n) is 9.63. The Bertz CT molecular complexity index is 802. The number of nitrogens with zero attached hydrogens (tertiary/aromatic N) is 1. The van der Waals surface area contributed by atoms with Crippen molar-refractivity contribution in [1.82, 2.24) is 5.32 Å². The summed E-state index contributed by atoms with van der Waals surface area (Å²) in [6, 6.07) is 13.1. The van der Waals surface area contributed by atoms with E-state index in [0.717, 1.165) is 31.4 Å². The Kier molecular flexibility index (Phi) is 9.76. The lowest BCUT2D eigenvalue weighted by Gasteiger charge is -2.19. The molecule has 156 valence electrons. The lowest BCUT2D eigenvalue weighted by Crippen LogP contribution is -2.34. The van der Waals surface area contributed by atoms with E-state index in [1.54, 1.807) is 0 Å². The van der Waals surface area contributed by atoms with Crippen LogP contribution in [0.1, 0.15) is 37.8 Å². The summed E-state index contributed by atoms with van der Waals surface area (Å²) >= 11 is 3.29. The molecule has 0 unspecified atom stereocenters. The number of nitro benzene ring substituents is 1. The van der Waals surface area contributed by atoms with Gasteiger partial charge in [0.15, 0.2) is 0 Å². The Labute approximate surface area is 179 Å². The number of carbonyl (C=O) groups excluding carboxylic acids is 1. The summed E-state index contributed by atoms with van der Waals surface area (Å²) in [5.41, 5.74) is 1.27. The number of nitro groups is 1. The molecule has 1 atom stereocenters. The second kappa shape index (κ2) is 12.3. The quantitative estimate of drug-likeness (QED) is 0.267. The Morgan fingerprint density at radius 2 is 1.90 bits per heavy atom. The van der Waals surface area contributed by atoms with Crippen LogP contribution in [0.4, 0.5) is 11.4 Å². The zero-order chi connectivity index (χ0) is 21.1. The predicted molar refractivity (Wildman–Crippen MR) is 117 cm³/mol. The van der Waals surface area contributed by atoms with Crippen molar-refractivity contribution in [1.29, 1.82) is 0 Å². The van der Waals surface area contributed by atoms with Gasteiger partial charge in [0.05, 0.1) is 10.6 Å². The topological polar surface area (TPSA) is 93.5 Å². The minimum atomic E-state index is -0.547. The molecule has 2 aromatic carbocycles. The summed E-state index contributed by atoms with van der Waals surface area (Å²) in [4.78, 5) is 23.3. The van der Waals surface area contributed by atoms with E-state index >= 15 is 0 Å². The van der Waals surface area contributed by atoms with Crippen molar-refractivity contribution in [3.05, 3.63) is 68.7 Å². The minimum absolute atomic E-state index is 0.0457. The van der Waals surface area contributed by atoms with Crippen molar-refractivity contribution < 1.29 is 14.5 Å². The third kappa shape index (κ3) is 7.56. The smallest absolute Gasteiger partial charge is 0.270 e. The fraction of sp³-hybridized carbons (Fsp3) is 0.381. The van der Waals surface area contributed by atoms with Crippen LogP contribution in [0.25, 0.3) is 0 Å². The third-order valence-electron chi connectivity index (χ3n) is 4.27. The molecule has 2 N–H and O–H groups in total. The minimum Gasteiger partial charge on any atom is -0.381 e. The summed E-state index contributed by atoms with van der Waals surface area (Å²) in [6.45, 7) is 4.15. The normalized spacial score (nSPS) is 11.8. The first kappa shape index (κ1) is 23.0. The Hall–Kier alpha value is -2.29. The number of nitrogens with one attached hydrogen (secondary N) is 2. The fourth-order valence-corrected chi connectivity index (χ4v) is 3.17. The van der Waals surface area contributed by atoms with Crippen molar-refractivity contribution in [2.45, 2.75) is 32.2 Å². The number of ether oxygens (including phenoxy) is 1. The van der Waals surface area contributed by atoms with Gasteiger partial charge < -0.3 is 15.4 Å². The van der Waals surface area contributed by atoms with E-state index in [1.165, 1.54) is 18.2 Å². The maximum absolute atomic E-state index is 12.9. The average Bonchev–Trinajstić information content (AvgIpc) is 2.72. The molecule has 0 radical (unpaired) electrons. The molecular weight excluding hydrogens is 438 g/mol. The van der Waals surface area contributed by atoms with Gasteiger partial charge in [0.25, 0.3) is 5.69 Å². The number of hydrogen-bond donors (Lipinski definition) is 2. The van der Waals surface area contributed by atoms with Gasteiger partial charge in [-0.1, -0.05) is 43.7 Å². The molecule has 0 fully saturated rings. The van der Waals surface area contributed by atoms with E-state index < -0.39 is 11.0 Å². The van der Waals surface area contributed by atoms with Crippen molar-refractivity contribution in [2.75, 3.05) is 25.1 Å². The summed E-state index contributed by atoms with van der Waals surface area (Å²) in [5, 5.41) is 17.0. The zero-order valence-corrected chi connectivity index (χ0v) is 18.0. The summed E-state index contributed by atoms with van der Waals surface area (Å²) in [7, 11) is 0. The molecule has 0 spiro atoms. The molecule has 0 saturated carbocycles. The van der Waals surface area contributed by atoms with Crippen LogP contribution in [0, 0.1) is 10.1 Å². The first-order valence-corrected chi connectivity index (χ1v) is 10.4. The van der Waals surface area contributed by atoms with Crippen LogP contribution < -0.4 is 10.6 Å². The molecule has 7 nitrogen and oxygen atoms in total. The second-order valence-electron chi connectivity index (χ2n) is 6.53. The number of unbranched alkanes of at least 4 members (excludes halogenated alkanes) is 1. The largest absolute Gasteiger partial charge is 0.381 e. The van der Waals surface area contributed by atoms with E-state index in [4.69, 9.17) is 4.74 Å². The van der Waals surface area contributed by atoms with E-state index in [2.05, 4.69) is 33.5 Å². The van der Waals surface area contributed by atoms with Gasteiger partial charge in [-0.15, -0.1) is 0 Å². The van der Waals surface area contributed by atoms with Gasteiger partial charge in [-0.25, -0.2) is 0 Å². The van der Waals surface area contributed by atoms with Gasteiger partial charge in [0.1, 0.15) is 6.04 Å². The SMILES string of the molecule is CCCCOCCCN[C@H](C(=O)Nc1ccc([N+](=O)[O-])cc1Br)c1ccccc1. The van der Waals surface area contributed by atoms with Crippen LogP contribution in [-0.4, -0.2) is 30.6 Å². The maximum Gasteiger partial charge on any atom is 0.270 e. The van der Waals surface area contributed by atoms with E-state index in [1.807, 2.05) is 30.3 Å². The van der Waals surface area contributed by atoms with Crippen LogP contribution in [0.5, 0.6) is 0 Å². The van der Waals surface area contributed by atoms with Gasteiger partial charge in [0.2, 0.25) is 5.91 Å². The van der Waals surface area contributed by atoms with Crippen molar-refractivity contribution >= 4 is 33.2 Å². The van der Waals surface area contributed by atoms with E-state index in [9.17, 15) is 14.9 Å². The molecule has 0 heterocycles. The van der Waals surface area contributed by atoms with Crippen molar-refractivity contribution in [2.24, 2.45) is 0 Å². The number of benzene rings is 2. The van der Waals surface area contributed by atoms with Crippen LogP contribution in [0.3, 0.4) is 0 Å². The van der Waals surface area contributed by atoms with Gasteiger partial charge in [0, 0.05) is 29.8 Å². The number of halogens is 1. The molecule has 0 bridgehead atoms. The number of rotatable bonds is 12. The molecule has 0 saturated heterocycles. The van der Waals surface area contributed by atoms with E-state index in [0.29, 0.717) is 23.3 Å². The molecule has 2 aromatic rings. The highest BCUT2D eigenvalue weighted by Crippen LogP contribution is 2.28. The van der Waals surface area contributed by atoms with Gasteiger partial charge in [-0.3, -0.25) is 14.9 Å². The standard InChI is InChI=1S/C21H26BrN3O4/c1-2-3-13-29-14-7-12-23-20(16-8-5-4-6-9-16)21(26)24-19-11-10-17(25(27)28)15-18(19)22/h4-6,8-11,15,20,23H,2-3,7,12-14H2,1H3,(H,24,26)/t20-/m0/s1. The molecule has 0 aromatic heterocycles. The first-order chi connectivity index (χ1) is 14.0. The molecular formula is C21H26BrN3O4. The average molecular weight is 464 g/mol. The number of hydrogen-bond acceptors (Lipinski definition) is 5. The summed E-state index contributed by atoms with van der Waals surface area (Å²) in [5.74, 6) is -0.238. The second-order valence-corrected chi connectivity index (χ2v) is 7.38. The lowest BCUT2D eigenvalue weighted by atomic mass is 10.1. The fourth-order valence-electron chi connectivity index (χ4n) is 2.70. The molecule has 29 heavy (non-hydrogen) atoms. The van der Waals surface area contributed by atoms with Crippen LogP contribution in [0.2, 0.25) is 0 Å². The third-order valence-corrected chi connectivity index (χ3v) is 4.93.